The molecule has 0 aliphatic carbocycles. The maximum Gasteiger partial charge on any atom is 0.277 e. The molecule has 2 aromatic heterocycles. The van der Waals surface area contributed by atoms with E-state index in [1.807, 2.05) is 24.3 Å². The van der Waals surface area contributed by atoms with Crippen LogP contribution >= 0.6 is 11.8 Å². The van der Waals surface area contributed by atoms with E-state index in [0.29, 0.717) is 28.6 Å². The Morgan fingerprint density at radius 2 is 1.97 bits per heavy atom. The fourth-order valence-electron chi connectivity index (χ4n) is 3.53. The van der Waals surface area contributed by atoms with Crippen molar-refractivity contribution in [3.05, 3.63) is 53.7 Å². The fourth-order valence-corrected chi connectivity index (χ4v) is 4.19. The summed E-state index contributed by atoms with van der Waals surface area (Å²) in [5.41, 5.74) is 0.889. The molecule has 0 bridgehead atoms. The van der Waals surface area contributed by atoms with E-state index in [4.69, 9.17) is 13.9 Å². The van der Waals surface area contributed by atoms with Crippen molar-refractivity contribution in [1.29, 1.82) is 0 Å². The lowest BCUT2D eigenvalue weighted by atomic mass is 10.2. The maximum atomic E-state index is 12.5. The molecule has 0 spiro atoms. The van der Waals surface area contributed by atoms with Crippen LogP contribution in [0.25, 0.3) is 0 Å². The van der Waals surface area contributed by atoms with E-state index >= 15 is 0 Å². The first-order valence-electron chi connectivity index (χ1n) is 10.0. The zero-order valence-corrected chi connectivity index (χ0v) is 17.4. The van der Waals surface area contributed by atoms with Gasteiger partial charge in [-0.3, -0.25) is 9.59 Å². The van der Waals surface area contributed by atoms with Crippen molar-refractivity contribution < 1.29 is 23.5 Å². The third kappa shape index (κ3) is 4.15. The quantitative estimate of drug-likeness (QED) is 0.460. The topological polar surface area (TPSA) is 111 Å². The smallest absolute Gasteiger partial charge is 0.277 e. The third-order valence-corrected chi connectivity index (χ3v) is 5.98. The van der Waals surface area contributed by atoms with Gasteiger partial charge in [0.15, 0.2) is 17.3 Å². The number of rotatable bonds is 6. The second-order valence-electron chi connectivity index (χ2n) is 7.28. The first-order valence-corrected chi connectivity index (χ1v) is 11.0. The summed E-state index contributed by atoms with van der Waals surface area (Å²) in [7, 11) is 0. The van der Waals surface area contributed by atoms with Crippen LogP contribution in [-0.2, 0) is 0 Å². The van der Waals surface area contributed by atoms with E-state index in [2.05, 4.69) is 15.2 Å². The number of nitrogens with zero attached hydrogens (tertiary/aromatic N) is 3. The van der Waals surface area contributed by atoms with Gasteiger partial charge in [0.05, 0.1) is 5.75 Å². The van der Waals surface area contributed by atoms with Crippen molar-refractivity contribution in [2.75, 3.05) is 25.4 Å². The number of carbonyl (C=O) groups excluding carboxylic acids is 2. The van der Waals surface area contributed by atoms with Crippen LogP contribution in [0.4, 0.5) is 0 Å². The number of fused-ring (bicyclic) bond motifs is 1. The molecule has 3 aromatic rings. The van der Waals surface area contributed by atoms with Gasteiger partial charge in [-0.2, -0.15) is 0 Å². The number of Topliss-reactive ketones (excluding diaryl/α,β-unsaturated/α-hetero) is 1. The van der Waals surface area contributed by atoms with Crippen molar-refractivity contribution in [2.24, 2.45) is 0 Å². The molecule has 5 rings (SSSR count). The largest absolute Gasteiger partial charge is 0.485 e. The van der Waals surface area contributed by atoms with Gasteiger partial charge >= 0.3 is 0 Å². The van der Waals surface area contributed by atoms with Crippen LogP contribution in [0.1, 0.15) is 45.7 Å². The van der Waals surface area contributed by atoms with Crippen LogP contribution in [0.3, 0.4) is 0 Å². The number of thioether (sulfide) groups is 1. The SMILES string of the molecule is O=C(CSc1nnc(C2COc3ccccc3O2)o1)c1c[nH]c(C(=O)N2CCCC2)c1. The molecule has 2 aliphatic heterocycles. The molecule has 31 heavy (non-hydrogen) atoms. The summed E-state index contributed by atoms with van der Waals surface area (Å²) in [6.45, 7) is 1.79. The van der Waals surface area contributed by atoms with Crippen LogP contribution in [0.15, 0.2) is 46.2 Å². The lowest BCUT2D eigenvalue weighted by Gasteiger charge is -2.23. The van der Waals surface area contributed by atoms with Crippen molar-refractivity contribution in [3.8, 4) is 11.5 Å². The van der Waals surface area contributed by atoms with Gasteiger partial charge in [0.25, 0.3) is 17.0 Å². The summed E-state index contributed by atoms with van der Waals surface area (Å²) in [4.78, 5) is 29.6. The van der Waals surface area contributed by atoms with Crippen molar-refractivity contribution in [3.63, 3.8) is 0 Å². The number of benzene rings is 1. The fraction of sp³-hybridized carbons (Fsp3) is 0.333. The van der Waals surface area contributed by atoms with Gasteiger partial charge in [-0.15, -0.1) is 10.2 Å². The molecular weight excluding hydrogens is 420 g/mol. The first-order chi connectivity index (χ1) is 15.2. The molecule has 160 valence electrons. The van der Waals surface area contributed by atoms with Gasteiger partial charge in [-0.05, 0) is 31.0 Å². The van der Waals surface area contributed by atoms with E-state index in [1.165, 1.54) is 0 Å². The van der Waals surface area contributed by atoms with Gasteiger partial charge in [-0.1, -0.05) is 23.9 Å². The number of ether oxygens (including phenoxy) is 2. The lowest BCUT2D eigenvalue weighted by Crippen LogP contribution is -2.27. The zero-order chi connectivity index (χ0) is 21.2. The van der Waals surface area contributed by atoms with Gasteiger partial charge in [0.1, 0.15) is 12.3 Å². The number of carbonyl (C=O) groups is 2. The lowest BCUT2D eigenvalue weighted by molar-refractivity contribution is 0.0686. The Bertz CT molecular complexity index is 1100. The normalized spacial score (nSPS) is 17.7. The Labute approximate surface area is 182 Å². The molecule has 4 heterocycles. The summed E-state index contributed by atoms with van der Waals surface area (Å²) < 4.78 is 17.2. The number of H-pyrrole nitrogens is 1. The molecule has 1 aromatic carbocycles. The highest BCUT2D eigenvalue weighted by Crippen LogP contribution is 2.36. The van der Waals surface area contributed by atoms with Crippen LogP contribution in [-0.4, -0.2) is 57.2 Å². The number of hydrogen-bond donors (Lipinski definition) is 1. The zero-order valence-electron chi connectivity index (χ0n) is 16.6. The van der Waals surface area contributed by atoms with E-state index in [1.54, 1.807) is 17.2 Å². The summed E-state index contributed by atoms with van der Waals surface area (Å²) >= 11 is 1.14. The second-order valence-corrected chi connectivity index (χ2v) is 8.21. The molecule has 0 radical (unpaired) electrons. The standard InChI is InChI=1S/C21H20N4O5S/c26-15(13-9-14(22-10-13)20(27)25-7-3-4-8-25)12-31-21-24-23-19(30-21)18-11-28-16-5-1-2-6-17(16)29-18/h1-2,5-6,9-10,18,22H,3-4,7-8,11-12H2. The molecule has 1 N–H and O–H groups in total. The molecule has 9 nitrogen and oxygen atoms in total. The summed E-state index contributed by atoms with van der Waals surface area (Å²) in [5, 5.41) is 8.29. The van der Waals surface area contributed by atoms with Crippen LogP contribution in [0, 0.1) is 0 Å². The molecule has 1 unspecified atom stereocenters. The Morgan fingerprint density at radius 1 is 1.16 bits per heavy atom. The Morgan fingerprint density at radius 3 is 2.81 bits per heavy atom. The van der Waals surface area contributed by atoms with Crippen LogP contribution in [0.5, 0.6) is 11.5 Å². The van der Waals surface area contributed by atoms with Gasteiger partial charge < -0.3 is 23.8 Å². The number of aromatic nitrogens is 3. The van der Waals surface area contributed by atoms with Gasteiger partial charge in [-0.25, -0.2) is 0 Å². The maximum absolute atomic E-state index is 12.5. The molecule has 1 amide bonds. The summed E-state index contributed by atoms with van der Waals surface area (Å²) in [5.74, 6) is 1.50. The average Bonchev–Trinajstić information content (AvgIpc) is 3.58. The first kappa shape index (κ1) is 19.7. The number of nitrogens with one attached hydrogen (secondary N) is 1. The average molecular weight is 440 g/mol. The number of para-hydroxylation sites is 2. The highest BCUT2D eigenvalue weighted by Gasteiger charge is 2.27. The number of likely N-dealkylation sites (tertiary alicyclic amines) is 1. The number of hydrogen-bond acceptors (Lipinski definition) is 8. The summed E-state index contributed by atoms with van der Waals surface area (Å²) in [6.07, 6.45) is 3.10. The Kier molecular flexibility index (Phi) is 5.37. The molecule has 2 aliphatic rings. The molecule has 1 atom stereocenters. The minimum absolute atomic E-state index is 0.0676. The monoisotopic (exact) mass is 440 g/mol. The van der Waals surface area contributed by atoms with Crippen molar-refractivity contribution >= 4 is 23.5 Å². The third-order valence-electron chi connectivity index (χ3n) is 5.16. The minimum atomic E-state index is -0.503. The molecule has 0 saturated carbocycles. The van der Waals surface area contributed by atoms with E-state index in [9.17, 15) is 9.59 Å². The molecular formula is C21H20N4O5S. The highest BCUT2D eigenvalue weighted by atomic mass is 32.2. The number of ketones is 1. The van der Waals surface area contributed by atoms with Crippen LogP contribution < -0.4 is 9.47 Å². The van der Waals surface area contributed by atoms with E-state index in [-0.39, 0.29) is 29.3 Å². The summed E-state index contributed by atoms with van der Waals surface area (Å²) in [6, 6.07) is 8.98. The Hall–Kier alpha value is -3.27. The van der Waals surface area contributed by atoms with Crippen LogP contribution in [0.2, 0.25) is 0 Å². The second kappa shape index (κ2) is 8.46. The molecule has 1 fully saturated rings. The van der Waals surface area contributed by atoms with Crippen molar-refractivity contribution in [1.82, 2.24) is 20.1 Å². The predicted octanol–water partition coefficient (Wildman–Crippen LogP) is 3.12. The van der Waals surface area contributed by atoms with E-state index in [0.717, 1.165) is 37.7 Å². The molecule has 10 heteroatoms. The highest BCUT2D eigenvalue weighted by molar-refractivity contribution is 7.99. The Balaban J connectivity index is 1.17. The van der Waals surface area contributed by atoms with Gasteiger partial charge in [0.2, 0.25) is 6.10 Å². The number of amides is 1. The van der Waals surface area contributed by atoms with Crippen molar-refractivity contribution in [2.45, 2.75) is 24.2 Å². The minimum Gasteiger partial charge on any atom is -0.485 e. The van der Waals surface area contributed by atoms with Gasteiger partial charge in [0, 0.05) is 24.8 Å². The van der Waals surface area contributed by atoms with E-state index < -0.39 is 6.10 Å². The number of aromatic amines is 1. The molecule has 1 saturated heterocycles. The predicted molar refractivity (Wildman–Crippen MR) is 111 cm³/mol.